The Kier molecular flexibility index (Phi) is 5.98. The average molecular weight is 513 g/mol. The molecule has 0 aliphatic heterocycles. The summed E-state index contributed by atoms with van der Waals surface area (Å²) < 4.78 is 0. The van der Waals surface area contributed by atoms with Crippen LogP contribution in [0.5, 0.6) is 0 Å². The molecule has 0 atom stereocenters. The van der Waals surface area contributed by atoms with Gasteiger partial charge < -0.3 is 0 Å². The van der Waals surface area contributed by atoms with Crippen LogP contribution in [0, 0.1) is 10.1 Å². The Morgan fingerprint density at radius 2 is 1.16 bits per heavy atom. The molecule has 0 saturated carbocycles. The van der Waals surface area contributed by atoms with Gasteiger partial charge in [-0.05, 0) is 0 Å². The van der Waals surface area contributed by atoms with Crippen LogP contribution in [0.4, 0.5) is 5.69 Å². The van der Waals surface area contributed by atoms with E-state index in [0.29, 0.717) is 11.2 Å². The van der Waals surface area contributed by atoms with E-state index in [0.717, 1.165) is 5.56 Å². The van der Waals surface area contributed by atoms with Gasteiger partial charge in [-0.2, -0.15) is 0 Å². The Labute approximate surface area is 194 Å². The van der Waals surface area contributed by atoms with Crippen molar-refractivity contribution >= 4 is 54.0 Å². The van der Waals surface area contributed by atoms with Crippen molar-refractivity contribution < 1.29 is 4.92 Å². The zero-order chi connectivity index (χ0) is 21.9. The van der Waals surface area contributed by atoms with E-state index >= 15 is 0 Å². The maximum atomic E-state index is 11.2. The second-order valence-electron chi connectivity index (χ2n) is 7.38. The third kappa shape index (κ3) is 3.80. The van der Waals surface area contributed by atoms with Gasteiger partial charge in [-0.15, -0.1) is 0 Å². The van der Waals surface area contributed by atoms with Gasteiger partial charge in [0.2, 0.25) is 0 Å². The Morgan fingerprint density at radius 3 is 1.52 bits per heavy atom. The molecule has 156 valence electrons. The van der Waals surface area contributed by atoms with Crippen molar-refractivity contribution in [2.24, 2.45) is 0 Å². The summed E-state index contributed by atoms with van der Waals surface area (Å²) >= 11 is 11.0. The maximum absolute atomic E-state index is 11.2. The first-order chi connectivity index (χ1) is 14.9. The number of benzene rings is 4. The predicted octanol–water partition coefficient (Wildman–Crippen LogP) is 6.59. The van der Waals surface area contributed by atoms with Crippen LogP contribution < -0.4 is 15.9 Å². The van der Waals surface area contributed by atoms with E-state index in [4.69, 9.17) is 11.6 Å². The molecule has 0 aromatic heterocycles. The molecule has 0 amide bonds. The second-order valence-corrected chi connectivity index (χ2v) is 16.7. The summed E-state index contributed by atoms with van der Waals surface area (Å²) in [5.41, 5.74) is 0.848. The van der Waals surface area contributed by atoms with E-state index in [-0.39, 0.29) is 5.69 Å². The van der Waals surface area contributed by atoms with E-state index in [9.17, 15) is 10.1 Å². The molecule has 4 aromatic carbocycles. The van der Waals surface area contributed by atoms with Crippen molar-refractivity contribution in [1.82, 2.24) is 0 Å². The number of hydrogen-bond acceptors (Lipinski definition) is 2. The summed E-state index contributed by atoms with van der Waals surface area (Å²) in [4.78, 5) is 10.8. The molecule has 0 saturated heterocycles. The summed E-state index contributed by atoms with van der Waals surface area (Å²) in [6.07, 6.45) is 0.584. The molecule has 0 heterocycles. The van der Waals surface area contributed by atoms with Crippen molar-refractivity contribution in [2.75, 3.05) is 0 Å². The molecule has 0 bridgehead atoms. The zero-order valence-electron chi connectivity index (χ0n) is 16.6. The van der Waals surface area contributed by atoms with E-state index < -0.39 is 10.2 Å². The van der Waals surface area contributed by atoms with Crippen LogP contribution in [0.1, 0.15) is 5.56 Å². The van der Waals surface area contributed by atoms with E-state index in [1.54, 1.807) is 6.07 Å². The summed E-state index contributed by atoms with van der Waals surface area (Å²) in [5, 5.41) is 11.9. The van der Waals surface area contributed by atoms with Gasteiger partial charge in [-0.25, -0.2) is 0 Å². The van der Waals surface area contributed by atoms with Gasteiger partial charge in [0.1, 0.15) is 0 Å². The minimum atomic E-state index is -3.20. The number of hydrogen-bond donors (Lipinski definition) is 0. The molecule has 3 nitrogen and oxygen atoms in total. The van der Waals surface area contributed by atoms with Gasteiger partial charge in [-0.3, -0.25) is 0 Å². The first kappa shape index (κ1) is 21.7. The molecular formula is C25H20BrClNO2P. The SMILES string of the molecule is O=[N+]([O-])c1ccc(CP(Br)(c2ccccc2)(c2ccccc2)c2ccccc2)c(Cl)c1. The number of rotatable bonds is 6. The summed E-state index contributed by atoms with van der Waals surface area (Å²) in [6, 6.07) is 35.9. The topological polar surface area (TPSA) is 43.1 Å². The molecule has 31 heavy (non-hydrogen) atoms. The molecule has 0 unspecified atom stereocenters. The standard InChI is InChI=1S/C25H20BrClNO2P/c26-31(22-10-4-1-5-11-22,23-12-6-2-7-13-23,24-14-8-3-9-15-24)19-20-16-17-21(28(29)30)18-25(20)27/h1-18H,19H2. The van der Waals surface area contributed by atoms with Crippen molar-refractivity contribution in [3.05, 3.63) is 130 Å². The van der Waals surface area contributed by atoms with Gasteiger partial charge in [0.05, 0.1) is 0 Å². The number of nitro benzene ring substituents is 1. The third-order valence-electron chi connectivity index (χ3n) is 5.60. The fourth-order valence-electron chi connectivity index (χ4n) is 4.04. The Balaban J connectivity index is 2.05. The quantitative estimate of drug-likeness (QED) is 0.166. The number of nitro groups is 1. The summed E-state index contributed by atoms with van der Waals surface area (Å²) in [7, 11) is 0. The minimum absolute atomic E-state index is 0.0113. The molecule has 4 rings (SSSR count). The third-order valence-corrected chi connectivity index (χ3v) is 15.4. The Hall–Kier alpha value is -2.52. The normalized spacial score (nSPS) is 12.6. The van der Waals surface area contributed by atoms with E-state index in [1.165, 1.54) is 28.0 Å². The number of nitrogens with zero attached hydrogens (tertiary/aromatic N) is 1. The fourth-order valence-corrected chi connectivity index (χ4v) is 12.0. The Bertz CT molecular complexity index is 1120. The van der Waals surface area contributed by atoms with Gasteiger partial charge in [0.25, 0.3) is 0 Å². The van der Waals surface area contributed by atoms with Crippen LogP contribution in [0.25, 0.3) is 0 Å². The first-order valence-corrected chi connectivity index (χ1v) is 14.6. The predicted molar refractivity (Wildman–Crippen MR) is 136 cm³/mol. The second kappa shape index (κ2) is 8.55. The molecular weight excluding hydrogens is 493 g/mol. The van der Waals surface area contributed by atoms with Crippen LogP contribution in [0.15, 0.2) is 109 Å². The first-order valence-electron chi connectivity index (χ1n) is 9.76. The van der Waals surface area contributed by atoms with Crippen LogP contribution in [-0.4, -0.2) is 4.92 Å². The molecule has 0 aliphatic carbocycles. The molecule has 6 heteroatoms. The van der Waals surface area contributed by atoms with Crippen LogP contribution in [-0.2, 0) is 6.16 Å². The van der Waals surface area contributed by atoms with Gasteiger partial charge in [0.15, 0.2) is 0 Å². The molecule has 0 fully saturated rings. The molecule has 0 aliphatic rings. The average Bonchev–Trinajstić information content (AvgIpc) is 2.82. The van der Waals surface area contributed by atoms with Crippen molar-refractivity contribution in [1.29, 1.82) is 0 Å². The van der Waals surface area contributed by atoms with Gasteiger partial charge >= 0.3 is 195 Å². The fraction of sp³-hybridized carbons (Fsp3) is 0.0400. The van der Waals surface area contributed by atoms with E-state index in [1.807, 2.05) is 54.6 Å². The van der Waals surface area contributed by atoms with Crippen LogP contribution in [0.2, 0.25) is 5.02 Å². The van der Waals surface area contributed by atoms with Gasteiger partial charge in [0, 0.05) is 0 Å². The van der Waals surface area contributed by atoms with Crippen LogP contribution >= 0.6 is 32.4 Å². The monoisotopic (exact) mass is 511 g/mol. The van der Waals surface area contributed by atoms with E-state index in [2.05, 4.69) is 51.9 Å². The zero-order valence-corrected chi connectivity index (χ0v) is 19.8. The molecule has 4 aromatic rings. The number of halogens is 2. The van der Waals surface area contributed by atoms with Crippen molar-refractivity contribution in [3.8, 4) is 0 Å². The van der Waals surface area contributed by atoms with Crippen molar-refractivity contribution in [2.45, 2.75) is 6.16 Å². The summed E-state index contributed by atoms with van der Waals surface area (Å²) in [6.45, 7) is 0. The Morgan fingerprint density at radius 1 is 0.742 bits per heavy atom. The number of non-ortho nitro benzene ring substituents is 1. The molecule has 0 radical (unpaired) electrons. The van der Waals surface area contributed by atoms with Gasteiger partial charge in [-0.1, -0.05) is 0 Å². The van der Waals surface area contributed by atoms with Crippen LogP contribution in [0.3, 0.4) is 0 Å². The molecule has 0 N–H and O–H groups in total. The van der Waals surface area contributed by atoms with Crippen molar-refractivity contribution in [3.63, 3.8) is 0 Å². The molecule has 0 spiro atoms. The summed E-state index contributed by atoms with van der Waals surface area (Å²) in [5.74, 6) is 0.